The number of hydrogen-bond acceptors (Lipinski definition) is 5. The minimum absolute atomic E-state index is 0.175. The Balaban J connectivity index is 2.28. The van der Waals surface area contributed by atoms with Crippen molar-refractivity contribution in [3.8, 4) is 5.75 Å². The number of methoxy groups -OCH3 is 1. The zero-order chi connectivity index (χ0) is 17.0. The number of aliphatic hydroxyl groups excluding tert-OH is 1. The number of hydrogen-bond donors (Lipinski definition) is 3. The molecule has 0 radical (unpaired) electrons. The molecule has 124 valence electrons. The fourth-order valence-electron chi connectivity index (χ4n) is 2.41. The van der Waals surface area contributed by atoms with Crippen molar-refractivity contribution < 1.29 is 9.84 Å². The maximum Gasteiger partial charge on any atom is 0.271 e. The second kappa shape index (κ2) is 7.28. The summed E-state index contributed by atoms with van der Waals surface area (Å²) in [5.41, 5.74) is 4.42. The number of nitrogens with zero attached hydrogens (tertiary/aromatic N) is 1. The molecule has 0 unspecified atom stereocenters. The van der Waals surface area contributed by atoms with Gasteiger partial charge in [0, 0.05) is 11.4 Å². The standard InChI is InChI=1S/C17H23N3O3/c1-5-12-7-13(17(22)20-15(12)9-21)18-8-14-16(23-4)6-10(2)11(3)19-14/h6-7,18,21H,5,8-9H2,1-4H3,(H,20,22). The van der Waals surface area contributed by atoms with Crippen LogP contribution in [0.15, 0.2) is 16.9 Å². The Morgan fingerprint density at radius 2 is 2.09 bits per heavy atom. The van der Waals surface area contributed by atoms with Crippen molar-refractivity contribution in [3.05, 3.63) is 50.7 Å². The first-order valence-electron chi connectivity index (χ1n) is 7.61. The van der Waals surface area contributed by atoms with E-state index in [1.807, 2.05) is 26.8 Å². The van der Waals surface area contributed by atoms with E-state index in [0.29, 0.717) is 23.7 Å². The lowest BCUT2D eigenvalue weighted by Gasteiger charge is -2.13. The van der Waals surface area contributed by atoms with E-state index in [2.05, 4.69) is 15.3 Å². The Bertz CT molecular complexity index is 753. The van der Waals surface area contributed by atoms with E-state index in [0.717, 1.165) is 28.9 Å². The predicted molar refractivity (Wildman–Crippen MR) is 90.0 cm³/mol. The minimum Gasteiger partial charge on any atom is -0.495 e. The van der Waals surface area contributed by atoms with Gasteiger partial charge in [-0.2, -0.15) is 0 Å². The van der Waals surface area contributed by atoms with Gasteiger partial charge in [-0.05, 0) is 43.5 Å². The van der Waals surface area contributed by atoms with Gasteiger partial charge >= 0.3 is 0 Å². The highest BCUT2D eigenvalue weighted by molar-refractivity contribution is 5.46. The summed E-state index contributed by atoms with van der Waals surface area (Å²) >= 11 is 0. The summed E-state index contributed by atoms with van der Waals surface area (Å²) in [5.74, 6) is 0.694. The predicted octanol–water partition coefficient (Wildman–Crippen LogP) is 2.06. The lowest BCUT2D eigenvalue weighted by molar-refractivity contribution is 0.275. The number of nitrogens with one attached hydrogen (secondary N) is 2. The molecule has 0 spiro atoms. The molecule has 23 heavy (non-hydrogen) atoms. The fourth-order valence-corrected chi connectivity index (χ4v) is 2.41. The van der Waals surface area contributed by atoms with E-state index >= 15 is 0 Å². The maximum absolute atomic E-state index is 12.1. The van der Waals surface area contributed by atoms with Crippen molar-refractivity contribution >= 4 is 5.69 Å². The van der Waals surface area contributed by atoms with Crippen LogP contribution < -0.4 is 15.6 Å². The number of aliphatic hydroxyl groups is 1. The zero-order valence-electron chi connectivity index (χ0n) is 14.0. The van der Waals surface area contributed by atoms with Crippen LogP contribution >= 0.6 is 0 Å². The highest BCUT2D eigenvalue weighted by atomic mass is 16.5. The van der Waals surface area contributed by atoms with Crippen LogP contribution in [0.5, 0.6) is 5.75 Å². The molecule has 0 amide bonds. The Labute approximate surface area is 135 Å². The fraction of sp³-hybridized carbons (Fsp3) is 0.412. The van der Waals surface area contributed by atoms with Crippen molar-refractivity contribution in [2.24, 2.45) is 0 Å². The smallest absolute Gasteiger partial charge is 0.271 e. The summed E-state index contributed by atoms with van der Waals surface area (Å²) in [7, 11) is 1.60. The van der Waals surface area contributed by atoms with Gasteiger partial charge < -0.3 is 20.1 Å². The molecule has 2 aromatic rings. The zero-order valence-corrected chi connectivity index (χ0v) is 14.0. The second-order valence-corrected chi connectivity index (χ2v) is 5.42. The largest absolute Gasteiger partial charge is 0.495 e. The number of H-pyrrole nitrogens is 1. The maximum atomic E-state index is 12.1. The van der Waals surface area contributed by atoms with Gasteiger partial charge in [-0.1, -0.05) is 6.92 Å². The Morgan fingerprint density at radius 3 is 2.70 bits per heavy atom. The van der Waals surface area contributed by atoms with E-state index in [-0.39, 0.29) is 12.2 Å². The van der Waals surface area contributed by atoms with Gasteiger partial charge in [0.1, 0.15) is 17.1 Å². The molecule has 0 saturated carbocycles. The molecule has 0 saturated heterocycles. The first kappa shape index (κ1) is 17.0. The molecular weight excluding hydrogens is 294 g/mol. The third kappa shape index (κ3) is 3.71. The Kier molecular flexibility index (Phi) is 5.39. The SMILES string of the molecule is CCc1cc(NCc2nc(C)c(C)cc2OC)c(=O)[nH]c1CO. The highest BCUT2D eigenvalue weighted by Crippen LogP contribution is 2.21. The van der Waals surface area contributed by atoms with E-state index in [1.165, 1.54) is 0 Å². The summed E-state index contributed by atoms with van der Waals surface area (Å²) in [6.07, 6.45) is 0.729. The monoisotopic (exact) mass is 317 g/mol. The van der Waals surface area contributed by atoms with Gasteiger partial charge in [0.2, 0.25) is 0 Å². The lowest BCUT2D eigenvalue weighted by Crippen LogP contribution is -2.18. The number of aryl methyl sites for hydroxylation is 3. The van der Waals surface area contributed by atoms with Crippen LogP contribution in [0.1, 0.15) is 35.1 Å². The summed E-state index contributed by atoms with van der Waals surface area (Å²) < 4.78 is 5.36. The van der Waals surface area contributed by atoms with Gasteiger partial charge in [0.15, 0.2) is 0 Å². The van der Waals surface area contributed by atoms with Crippen LogP contribution in [0.3, 0.4) is 0 Å². The summed E-state index contributed by atoms with van der Waals surface area (Å²) in [4.78, 5) is 19.3. The van der Waals surface area contributed by atoms with Crippen molar-refractivity contribution in [1.29, 1.82) is 0 Å². The van der Waals surface area contributed by atoms with Gasteiger partial charge in [-0.3, -0.25) is 9.78 Å². The molecule has 6 heteroatoms. The van der Waals surface area contributed by atoms with E-state index in [1.54, 1.807) is 13.2 Å². The van der Waals surface area contributed by atoms with Crippen molar-refractivity contribution in [3.63, 3.8) is 0 Å². The third-order valence-corrected chi connectivity index (χ3v) is 3.93. The number of rotatable bonds is 6. The number of aromatic nitrogens is 2. The Morgan fingerprint density at radius 1 is 1.35 bits per heavy atom. The quantitative estimate of drug-likeness (QED) is 0.759. The van der Waals surface area contributed by atoms with Crippen LogP contribution in [0.25, 0.3) is 0 Å². The molecule has 6 nitrogen and oxygen atoms in total. The molecular formula is C17H23N3O3. The average Bonchev–Trinajstić information content (AvgIpc) is 2.55. The first-order valence-corrected chi connectivity index (χ1v) is 7.61. The average molecular weight is 317 g/mol. The van der Waals surface area contributed by atoms with Crippen molar-refractivity contribution in [2.75, 3.05) is 12.4 Å². The van der Waals surface area contributed by atoms with Gasteiger partial charge in [-0.15, -0.1) is 0 Å². The Hall–Kier alpha value is -2.34. The van der Waals surface area contributed by atoms with E-state index < -0.39 is 0 Å². The van der Waals surface area contributed by atoms with Crippen molar-refractivity contribution in [2.45, 2.75) is 40.3 Å². The minimum atomic E-state index is -0.256. The molecule has 3 N–H and O–H groups in total. The van der Waals surface area contributed by atoms with Crippen LogP contribution in [0.2, 0.25) is 0 Å². The van der Waals surface area contributed by atoms with E-state index in [4.69, 9.17) is 4.74 Å². The first-order chi connectivity index (χ1) is 11.0. The number of pyridine rings is 2. The molecule has 2 aromatic heterocycles. The normalized spacial score (nSPS) is 10.7. The summed E-state index contributed by atoms with van der Waals surface area (Å²) in [6, 6.07) is 3.72. The van der Waals surface area contributed by atoms with Crippen LogP contribution in [-0.4, -0.2) is 22.2 Å². The molecule has 0 aliphatic heterocycles. The number of ether oxygens (including phenoxy) is 1. The van der Waals surface area contributed by atoms with Crippen LogP contribution in [0.4, 0.5) is 5.69 Å². The third-order valence-electron chi connectivity index (χ3n) is 3.93. The molecule has 0 fully saturated rings. The molecule has 2 rings (SSSR count). The molecule has 0 aliphatic carbocycles. The molecule has 0 aromatic carbocycles. The summed E-state index contributed by atoms with van der Waals surface area (Å²) in [5, 5.41) is 12.4. The molecule has 0 aliphatic rings. The van der Waals surface area contributed by atoms with Gasteiger partial charge in [0.25, 0.3) is 5.56 Å². The molecule has 0 bridgehead atoms. The topological polar surface area (TPSA) is 87.2 Å². The van der Waals surface area contributed by atoms with Gasteiger partial charge in [-0.25, -0.2) is 0 Å². The van der Waals surface area contributed by atoms with E-state index in [9.17, 15) is 9.90 Å². The molecule has 2 heterocycles. The lowest BCUT2D eigenvalue weighted by atomic mass is 10.1. The van der Waals surface area contributed by atoms with Gasteiger partial charge in [0.05, 0.1) is 20.3 Å². The number of aromatic amines is 1. The second-order valence-electron chi connectivity index (χ2n) is 5.42. The number of anilines is 1. The van der Waals surface area contributed by atoms with Crippen LogP contribution in [-0.2, 0) is 19.6 Å². The van der Waals surface area contributed by atoms with Crippen molar-refractivity contribution in [1.82, 2.24) is 9.97 Å². The summed E-state index contributed by atoms with van der Waals surface area (Å²) in [6.45, 7) is 6.11. The highest BCUT2D eigenvalue weighted by Gasteiger charge is 2.10. The van der Waals surface area contributed by atoms with Crippen LogP contribution in [0, 0.1) is 13.8 Å². The molecule has 0 atom stereocenters.